The molecule has 9 heteroatoms. The van der Waals surface area contributed by atoms with Crippen LogP contribution >= 0.6 is 0 Å². The van der Waals surface area contributed by atoms with Crippen LogP contribution in [0.25, 0.3) is 0 Å². The predicted molar refractivity (Wildman–Crippen MR) is 142 cm³/mol. The summed E-state index contributed by atoms with van der Waals surface area (Å²) in [5, 5.41) is 12.1. The maximum Gasteiger partial charge on any atom is 0.243 e. The summed E-state index contributed by atoms with van der Waals surface area (Å²) in [6.07, 6.45) is 0. The largest absolute Gasteiger partial charge is 0.345 e. The Morgan fingerprint density at radius 3 is 1.72 bits per heavy atom. The van der Waals surface area contributed by atoms with Crippen molar-refractivity contribution in [3.8, 4) is 0 Å². The lowest BCUT2D eigenvalue weighted by Crippen LogP contribution is -2.23. The zero-order valence-electron chi connectivity index (χ0n) is 20.6. The number of halogens is 1. The van der Waals surface area contributed by atoms with Gasteiger partial charge in [-0.25, -0.2) is 4.39 Å². The third kappa shape index (κ3) is 6.53. The van der Waals surface area contributed by atoms with E-state index in [4.69, 9.17) is 0 Å². The monoisotopic (exact) mass is 485 g/mol. The second-order valence-electron chi connectivity index (χ2n) is 8.60. The highest BCUT2D eigenvalue weighted by atomic mass is 19.1. The molecule has 0 bridgehead atoms. The first-order valence-electron chi connectivity index (χ1n) is 11.5. The molecule has 3 aromatic carbocycles. The van der Waals surface area contributed by atoms with E-state index < -0.39 is 0 Å². The Balaban J connectivity index is 1.55. The van der Waals surface area contributed by atoms with Gasteiger partial charge < -0.3 is 21.3 Å². The molecule has 0 aliphatic carbocycles. The molecular formula is C27H28FN7O. The summed E-state index contributed by atoms with van der Waals surface area (Å²) in [5.41, 5.74) is 6.63. The number of benzene rings is 3. The molecule has 8 nitrogen and oxygen atoms in total. The Hall–Kier alpha value is -4.53. The van der Waals surface area contributed by atoms with Crippen LogP contribution in [-0.2, 0) is 4.79 Å². The van der Waals surface area contributed by atoms with E-state index in [0.29, 0.717) is 17.6 Å². The molecule has 36 heavy (non-hydrogen) atoms. The molecule has 1 amide bonds. The van der Waals surface area contributed by atoms with Gasteiger partial charge in [-0.05, 0) is 75.2 Å². The first kappa shape index (κ1) is 24.6. The third-order valence-electron chi connectivity index (χ3n) is 5.43. The van der Waals surface area contributed by atoms with Gasteiger partial charge in [-0.15, -0.1) is 0 Å². The number of nitrogens with one attached hydrogen (secondary N) is 4. The van der Waals surface area contributed by atoms with Gasteiger partial charge in [-0.3, -0.25) is 4.79 Å². The van der Waals surface area contributed by atoms with Crippen LogP contribution in [0.2, 0.25) is 0 Å². The topological polar surface area (TPSA) is 104 Å². The van der Waals surface area contributed by atoms with E-state index in [1.54, 1.807) is 0 Å². The second-order valence-corrected chi connectivity index (χ2v) is 8.60. The molecular weight excluding hydrogens is 457 g/mol. The van der Waals surface area contributed by atoms with Crippen molar-refractivity contribution in [1.82, 2.24) is 15.0 Å². The van der Waals surface area contributed by atoms with E-state index in [0.717, 1.165) is 33.6 Å². The smallest absolute Gasteiger partial charge is 0.243 e. The van der Waals surface area contributed by atoms with Crippen LogP contribution in [0.15, 0.2) is 60.7 Å². The summed E-state index contributed by atoms with van der Waals surface area (Å²) in [4.78, 5) is 25.8. The van der Waals surface area contributed by atoms with Crippen molar-refractivity contribution >= 4 is 40.8 Å². The number of anilines is 6. The SMILES string of the molecule is Cc1ccc(Nc2nc(NCC(=O)Nc3ccc(F)cc3)nc(Nc3ccc(C)cc3C)n2)c(C)c1. The van der Waals surface area contributed by atoms with Gasteiger partial charge in [0.2, 0.25) is 23.8 Å². The molecule has 0 fully saturated rings. The number of aromatic nitrogens is 3. The summed E-state index contributed by atoms with van der Waals surface area (Å²) in [7, 11) is 0. The minimum Gasteiger partial charge on any atom is -0.345 e. The maximum absolute atomic E-state index is 13.1. The highest BCUT2D eigenvalue weighted by molar-refractivity contribution is 5.93. The molecule has 0 aliphatic heterocycles. The fraction of sp³-hybridized carbons (Fsp3) is 0.185. The minimum absolute atomic E-state index is 0.0899. The van der Waals surface area contributed by atoms with E-state index in [9.17, 15) is 9.18 Å². The van der Waals surface area contributed by atoms with E-state index in [2.05, 4.69) is 48.4 Å². The molecule has 0 atom stereocenters. The molecule has 4 N–H and O–H groups in total. The van der Waals surface area contributed by atoms with Gasteiger partial charge in [-0.2, -0.15) is 15.0 Å². The Labute approximate surface area is 209 Å². The molecule has 0 saturated carbocycles. The van der Waals surface area contributed by atoms with Crippen molar-refractivity contribution in [2.75, 3.05) is 27.8 Å². The number of rotatable bonds is 8. The van der Waals surface area contributed by atoms with E-state index in [-0.39, 0.29) is 24.2 Å². The van der Waals surface area contributed by atoms with Crippen LogP contribution in [0, 0.1) is 33.5 Å². The van der Waals surface area contributed by atoms with Gasteiger partial charge in [0.05, 0.1) is 6.54 Å². The van der Waals surface area contributed by atoms with Crippen LogP contribution in [0.3, 0.4) is 0 Å². The number of carbonyl (C=O) groups is 1. The van der Waals surface area contributed by atoms with Gasteiger partial charge in [0, 0.05) is 17.1 Å². The summed E-state index contributed by atoms with van der Waals surface area (Å²) in [5.74, 6) is 0.175. The lowest BCUT2D eigenvalue weighted by Gasteiger charge is -2.14. The van der Waals surface area contributed by atoms with Gasteiger partial charge in [0.1, 0.15) is 5.82 Å². The number of hydrogen-bond donors (Lipinski definition) is 4. The first-order valence-corrected chi connectivity index (χ1v) is 11.5. The highest BCUT2D eigenvalue weighted by Crippen LogP contribution is 2.23. The van der Waals surface area contributed by atoms with E-state index in [1.165, 1.54) is 24.3 Å². The zero-order chi connectivity index (χ0) is 25.7. The van der Waals surface area contributed by atoms with Crippen LogP contribution in [0.4, 0.5) is 39.3 Å². The van der Waals surface area contributed by atoms with Crippen molar-refractivity contribution in [3.63, 3.8) is 0 Å². The summed E-state index contributed by atoms with van der Waals surface area (Å²) < 4.78 is 13.1. The van der Waals surface area contributed by atoms with Crippen LogP contribution < -0.4 is 21.3 Å². The van der Waals surface area contributed by atoms with Gasteiger partial charge >= 0.3 is 0 Å². The lowest BCUT2D eigenvalue weighted by atomic mass is 10.1. The van der Waals surface area contributed by atoms with Crippen LogP contribution in [0.5, 0.6) is 0 Å². The van der Waals surface area contributed by atoms with Crippen molar-refractivity contribution in [1.29, 1.82) is 0 Å². The lowest BCUT2D eigenvalue weighted by molar-refractivity contribution is -0.114. The Morgan fingerprint density at radius 2 is 1.22 bits per heavy atom. The summed E-state index contributed by atoms with van der Waals surface area (Å²) >= 11 is 0. The minimum atomic E-state index is -0.371. The average Bonchev–Trinajstić information content (AvgIpc) is 2.83. The molecule has 1 aromatic heterocycles. The molecule has 4 rings (SSSR count). The first-order chi connectivity index (χ1) is 17.2. The Morgan fingerprint density at radius 1 is 0.722 bits per heavy atom. The standard InChI is InChI=1S/C27H28FN7O/c1-16-5-11-22(18(3)13-16)31-26-33-25(29-15-24(36)30-21-9-7-20(28)8-10-21)34-27(35-26)32-23-12-6-17(2)14-19(23)4/h5-14H,15H2,1-4H3,(H,30,36)(H3,29,31,32,33,34,35). The number of aryl methyl sites for hydroxylation is 4. The predicted octanol–water partition coefficient (Wildman–Crippen LogP) is 5.78. The van der Waals surface area contributed by atoms with E-state index >= 15 is 0 Å². The summed E-state index contributed by atoms with van der Waals surface area (Å²) in [6, 6.07) is 17.6. The second kappa shape index (κ2) is 10.8. The van der Waals surface area contributed by atoms with Gasteiger partial charge in [0.25, 0.3) is 0 Å². The van der Waals surface area contributed by atoms with Crippen molar-refractivity contribution in [2.45, 2.75) is 27.7 Å². The maximum atomic E-state index is 13.1. The number of carbonyl (C=O) groups excluding carboxylic acids is 1. The molecule has 184 valence electrons. The Kier molecular flexibility index (Phi) is 7.39. The Bertz CT molecular complexity index is 1320. The van der Waals surface area contributed by atoms with Gasteiger partial charge in [0.15, 0.2) is 0 Å². The number of amides is 1. The molecule has 0 radical (unpaired) electrons. The molecule has 0 saturated heterocycles. The zero-order valence-corrected chi connectivity index (χ0v) is 20.6. The number of nitrogens with zero attached hydrogens (tertiary/aromatic N) is 3. The molecule has 1 heterocycles. The van der Waals surface area contributed by atoms with Crippen molar-refractivity contribution in [3.05, 3.63) is 88.7 Å². The number of hydrogen-bond acceptors (Lipinski definition) is 7. The van der Waals surface area contributed by atoms with Crippen LogP contribution in [0.1, 0.15) is 22.3 Å². The van der Waals surface area contributed by atoms with Crippen LogP contribution in [-0.4, -0.2) is 27.4 Å². The van der Waals surface area contributed by atoms with Crippen molar-refractivity contribution in [2.24, 2.45) is 0 Å². The fourth-order valence-electron chi connectivity index (χ4n) is 3.61. The van der Waals surface area contributed by atoms with Crippen molar-refractivity contribution < 1.29 is 9.18 Å². The molecule has 0 unspecified atom stereocenters. The third-order valence-corrected chi connectivity index (χ3v) is 5.43. The molecule has 0 spiro atoms. The van der Waals surface area contributed by atoms with Gasteiger partial charge in [-0.1, -0.05) is 35.4 Å². The normalized spacial score (nSPS) is 10.6. The quantitative estimate of drug-likeness (QED) is 0.251. The summed E-state index contributed by atoms with van der Waals surface area (Å²) in [6.45, 7) is 7.98. The fourth-order valence-corrected chi connectivity index (χ4v) is 3.61. The highest BCUT2D eigenvalue weighted by Gasteiger charge is 2.11. The molecule has 0 aliphatic rings. The van der Waals surface area contributed by atoms with E-state index in [1.807, 2.05) is 52.0 Å². The average molecular weight is 486 g/mol. The molecule has 4 aromatic rings.